The molecule has 4 amide bonds. The predicted molar refractivity (Wildman–Crippen MR) is 150 cm³/mol. The molecule has 4 N–H and O–H groups in total. The van der Waals surface area contributed by atoms with E-state index in [2.05, 4.69) is 10.6 Å². The zero-order chi connectivity index (χ0) is 29.0. The number of primary amides is 1. The Balaban J connectivity index is 2.48. The number of rotatable bonds is 13. The maximum absolute atomic E-state index is 14.0. The number of amides is 4. The van der Waals surface area contributed by atoms with Gasteiger partial charge in [-0.15, -0.1) is 0 Å². The van der Waals surface area contributed by atoms with Crippen molar-refractivity contribution in [2.75, 3.05) is 6.54 Å². The number of nitrogens with zero attached hydrogens (tertiary/aromatic N) is 1. The fourth-order valence-electron chi connectivity index (χ4n) is 4.18. The Hall–Kier alpha value is -3.88. The molecule has 0 heterocycles. The molecule has 0 radical (unpaired) electrons. The molecule has 2 aromatic rings. The number of unbranched alkanes of at least 4 members (excludes halogenated alkanes) is 2. The number of carbonyl (C=O) groups is 4. The molecule has 2 atom stereocenters. The van der Waals surface area contributed by atoms with E-state index in [-0.39, 0.29) is 19.0 Å². The van der Waals surface area contributed by atoms with E-state index in [1.165, 1.54) is 4.90 Å². The van der Waals surface area contributed by atoms with E-state index in [4.69, 9.17) is 10.5 Å². The van der Waals surface area contributed by atoms with Crippen molar-refractivity contribution < 1.29 is 23.9 Å². The van der Waals surface area contributed by atoms with Crippen LogP contribution in [-0.2, 0) is 25.7 Å². The Kier molecular flexibility index (Phi) is 12.0. The fraction of sp³-hybridized carbons (Fsp3) is 0.467. The van der Waals surface area contributed by atoms with Crippen LogP contribution in [0.1, 0.15) is 76.1 Å². The minimum absolute atomic E-state index is 0.246. The van der Waals surface area contributed by atoms with Gasteiger partial charge in [0.05, 0.1) is 6.42 Å². The van der Waals surface area contributed by atoms with Crippen molar-refractivity contribution >= 4 is 23.8 Å². The number of aryl methyl sites for hydroxylation is 1. The largest absolute Gasteiger partial charge is 0.444 e. The average molecular weight is 539 g/mol. The number of carbonyl (C=O) groups excluding carboxylic acids is 4. The molecule has 0 aliphatic carbocycles. The van der Waals surface area contributed by atoms with Gasteiger partial charge < -0.3 is 26.0 Å². The molecule has 0 spiro atoms. The molecular weight excluding hydrogens is 496 g/mol. The van der Waals surface area contributed by atoms with E-state index >= 15 is 0 Å². The van der Waals surface area contributed by atoms with Crippen LogP contribution in [0.3, 0.4) is 0 Å². The van der Waals surface area contributed by atoms with Crippen LogP contribution in [0.15, 0.2) is 54.6 Å². The van der Waals surface area contributed by atoms with Crippen molar-refractivity contribution in [3.63, 3.8) is 0 Å². The summed E-state index contributed by atoms with van der Waals surface area (Å²) in [6.07, 6.45) is 1.08. The molecule has 0 aromatic heterocycles. The van der Waals surface area contributed by atoms with Crippen LogP contribution in [0.4, 0.5) is 4.79 Å². The maximum Gasteiger partial charge on any atom is 0.408 e. The molecule has 0 saturated carbocycles. The molecule has 39 heavy (non-hydrogen) atoms. The number of benzene rings is 2. The van der Waals surface area contributed by atoms with E-state index in [1.54, 1.807) is 20.8 Å². The molecule has 2 aromatic carbocycles. The highest BCUT2D eigenvalue weighted by atomic mass is 16.6. The summed E-state index contributed by atoms with van der Waals surface area (Å²) in [5, 5.41) is 5.47. The third-order valence-electron chi connectivity index (χ3n) is 6.03. The normalized spacial score (nSPS) is 12.6. The lowest BCUT2D eigenvalue weighted by atomic mass is 9.97. The van der Waals surface area contributed by atoms with Crippen molar-refractivity contribution in [2.45, 2.75) is 84.5 Å². The highest BCUT2D eigenvalue weighted by Gasteiger charge is 2.37. The predicted octanol–water partition coefficient (Wildman–Crippen LogP) is 4.14. The van der Waals surface area contributed by atoms with E-state index in [1.807, 2.05) is 68.4 Å². The van der Waals surface area contributed by atoms with Gasteiger partial charge in [0.2, 0.25) is 17.7 Å². The van der Waals surface area contributed by atoms with E-state index in [0.29, 0.717) is 12.0 Å². The van der Waals surface area contributed by atoms with Crippen molar-refractivity contribution in [1.82, 2.24) is 15.5 Å². The van der Waals surface area contributed by atoms with E-state index in [0.717, 1.165) is 24.0 Å². The summed E-state index contributed by atoms with van der Waals surface area (Å²) in [6, 6.07) is 14.6. The van der Waals surface area contributed by atoms with Crippen LogP contribution in [0.25, 0.3) is 0 Å². The summed E-state index contributed by atoms with van der Waals surface area (Å²) in [5.41, 5.74) is 7.04. The third-order valence-corrected chi connectivity index (χ3v) is 6.03. The second kappa shape index (κ2) is 14.9. The summed E-state index contributed by atoms with van der Waals surface area (Å²) in [4.78, 5) is 53.8. The lowest BCUT2D eigenvalue weighted by molar-refractivity contribution is -0.143. The van der Waals surface area contributed by atoms with Gasteiger partial charge in [-0.2, -0.15) is 0 Å². The van der Waals surface area contributed by atoms with E-state index < -0.39 is 42.0 Å². The van der Waals surface area contributed by atoms with Crippen molar-refractivity contribution in [3.05, 3.63) is 71.3 Å². The highest BCUT2D eigenvalue weighted by molar-refractivity contribution is 5.94. The van der Waals surface area contributed by atoms with Gasteiger partial charge in [-0.3, -0.25) is 14.4 Å². The first-order valence-corrected chi connectivity index (χ1v) is 13.4. The number of nitrogens with two attached hydrogens (primary N) is 1. The Morgan fingerprint density at radius 1 is 0.974 bits per heavy atom. The molecule has 0 aliphatic heterocycles. The van der Waals surface area contributed by atoms with Crippen molar-refractivity contribution in [3.8, 4) is 0 Å². The first-order chi connectivity index (χ1) is 18.4. The SMILES string of the molecule is CCCCCN(C(=O)C(CC(N)=O)NC(=O)OC(C)(C)C)C(C(=O)NCc1ccccc1)c1ccccc1C. The van der Waals surface area contributed by atoms with E-state index in [9.17, 15) is 19.2 Å². The fourth-order valence-corrected chi connectivity index (χ4v) is 4.18. The Bertz CT molecular complexity index is 1110. The first-order valence-electron chi connectivity index (χ1n) is 13.4. The average Bonchev–Trinajstić information content (AvgIpc) is 2.86. The zero-order valence-corrected chi connectivity index (χ0v) is 23.7. The van der Waals surface area contributed by atoms with Crippen LogP contribution in [0.2, 0.25) is 0 Å². The van der Waals surface area contributed by atoms with Crippen LogP contribution in [0, 0.1) is 6.92 Å². The molecule has 9 nitrogen and oxygen atoms in total. The monoisotopic (exact) mass is 538 g/mol. The van der Waals surface area contributed by atoms with Gasteiger partial charge >= 0.3 is 6.09 Å². The van der Waals surface area contributed by atoms with Gasteiger partial charge in [-0.05, 0) is 50.8 Å². The Morgan fingerprint density at radius 2 is 1.62 bits per heavy atom. The number of hydrogen-bond acceptors (Lipinski definition) is 5. The lowest BCUT2D eigenvalue weighted by Crippen LogP contribution is -2.54. The third kappa shape index (κ3) is 10.4. The lowest BCUT2D eigenvalue weighted by Gasteiger charge is -2.35. The Labute approximate surface area is 231 Å². The standard InChI is InChI=1S/C30H42N4O5/c1-6-7-13-18-34(28(37)24(19-25(31)35)33-29(38)39-30(3,4)5)26(23-17-12-11-14-21(23)2)27(36)32-20-22-15-9-8-10-16-22/h8-12,14-17,24,26H,6-7,13,18-20H2,1-5H3,(H2,31,35)(H,32,36)(H,33,38). The highest BCUT2D eigenvalue weighted by Crippen LogP contribution is 2.27. The zero-order valence-electron chi connectivity index (χ0n) is 23.7. The van der Waals surface area contributed by atoms with Gasteiger partial charge in [-0.1, -0.05) is 74.4 Å². The first kappa shape index (κ1) is 31.3. The summed E-state index contributed by atoms with van der Waals surface area (Å²) < 4.78 is 5.33. The smallest absolute Gasteiger partial charge is 0.408 e. The minimum atomic E-state index is -1.30. The molecule has 2 unspecified atom stereocenters. The van der Waals surface area contributed by atoms with Gasteiger partial charge in [0, 0.05) is 13.1 Å². The van der Waals surface area contributed by atoms with Crippen LogP contribution in [-0.4, -0.2) is 46.9 Å². The maximum atomic E-state index is 14.0. The summed E-state index contributed by atoms with van der Waals surface area (Å²) >= 11 is 0. The summed E-state index contributed by atoms with van der Waals surface area (Å²) in [5.74, 6) is -1.72. The molecule has 9 heteroatoms. The quantitative estimate of drug-likeness (QED) is 0.330. The van der Waals surface area contributed by atoms with Gasteiger partial charge in [0.1, 0.15) is 17.7 Å². The Morgan fingerprint density at radius 3 is 2.21 bits per heavy atom. The molecule has 0 aliphatic rings. The van der Waals surface area contributed by atoms with Gasteiger partial charge in [0.25, 0.3) is 0 Å². The van der Waals surface area contributed by atoms with Crippen molar-refractivity contribution in [2.24, 2.45) is 5.73 Å². The summed E-state index contributed by atoms with van der Waals surface area (Å²) in [6.45, 7) is 9.52. The molecule has 0 saturated heterocycles. The second-order valence-electron chi connectivity index (χ2n) is 10.6. The molecule has 2 rings (SSSR count). The van der Waals surface area contributed by atoms with Crippen molar-refractivity contribution in [1.29, 1.82) is 0 Å². The minimum Gasteiger partial charge on any atom is -0.444 e. The van der Waals surface area contributed by atoms with Crippen LogP contribution < -0.4 is 16.4 Å². The number of nitrogens with one attached hydrogen (secondary N) is 2. The molecular formula is C30H42N4O5. The van der Waals surface area contributed by atoms with Gasteiger partial charge in [0.15, 0.2) is 0 Å². The number of alkyl carbamates (subject to hydrolysis) is 1. The second-order valence-corrected chi connectivity index (χ2v) is 10.6. The van der Waals surface area contributed by atoms with Gasteiger partial charge in [-0.25, -0.2) is 4.79 Å². The number of hydrogen-bond donors (Lipinski definition) is 3. The summed E-state index contributed by atoms with van der Waals surface area (Å²) in [7, 11) is 0. The molecule has 212 valence electrons. The van der Waals surface area contributed by atoms with Crippen LogP contribution in [0.5, 0.6) is 0 Å². The van der Waals surface area contributed by atoms with Crippen LogP contribution >= 0.6 is 0 Å². The molecule has 0 bridgehead atoms. The number of ether oxygens (including phenoxy) is 1. The topological polar surface area (TPSA) is 131 Å². The molecule has 0 fully saturated rings.